The van der Waals surface area contributed by atoms with E-state index in [-0.39, 0.29) is 11.8 Å². The maximum Gasteiger partial charge on any atom is 0.265 e. The first-order valence-electron chi connectivity index (χ1n) is 7.25. The molecular formula is C18H12Br2N2O2S. The van der Waals surface area contributed by atoms with E-state index in [1.54, 1.807) is 24.3 Å². The SMILES string of the molecule is O=C(Nc1cccc(Br)c1)c1ccc(C(=O)Nc2cccc(Br)c2)s1. The van der Waals surface area contributed by atoms with E-state index in [0.717, 1.165) is 20.3 Å². The number of hydrogen-bond acceptors (Lipinski definition) is 3. The number of benzene rings is 2. The van der Waals surface area contributed by atoms with E-state index in [9.17, 15) is 9.59 Å². The number of carbonyl (C=O) groups is 2. The summed E-state index contributed by atoms with van der Waals surface area (Å²) in [5.41, 5.74) is 1.38. The summed E-state index contributed by atoms with van der Waals surface area (Å²) in [5.74, 6) is -0.491. The normalized spacial score (nSPS) is 10.3. The zero-order valence-electron chi connectivity index (χ0n) is 12.8. The van der Waals surface area contributed by atoms with Crippen LogP contribution in [0.1, 0.15) is 19.3 Å². The molecule has 3 aromatic rings. The lowest BCUT2D eigenvalue weighted by atomic mass is 10.3. The van der Waals surface area contributed by atoms with Gasteiger partial charge in [0.05, 0.1) is 9.75 Å². The largest absolute Gasteiger partial charge is 0.321 e. The maximum absolute atomic E-state index is 12.3. The third kappa shape index (κ3) is 4.78. The fraction of sp³-hybridized carbons (Fsp3) is 0. The molecule has 0 saturated carbocycles. The van der Waals surface area contributed by atoms with Gasteiger partial charge in [0.25, 0.3) is 11.8 Å². The molecule has 0 fully saturated rings. The van der Waals surface area contributed by atoms with Crippen molar-refractivity contribution in [3.05, 3.63) is 79.4 Å². The number of amides is 2. The van der Waals surface area contributed by atoms with Crippen LogP contribution in [0.3, 0.4) is 0 Å². The molecule has 0 aliphatic carbocycles. The van der Waals surface area contributed by atoms with E-state index < -0.39 is 0 Å². The molecule has 7 heteroatoms. The third-order valence-electron chi connectivity index (χ3n) is 3.22. The van der Waals surface area contributed by atoms with E-state index in [1.165, 1.54) is 0 Å². The van der Waals surface area contributed by atoms with Gasteiger partial charge in [0.1, 0.15) is 0 Å². The molecule has 0 aliphatic heterocycles. The van der Waals surface area contributed by atoms with Crippen LogP contribution < -0.4 is 10.6 Å². The quantitative estimate of drug-likeness (QED) is 0.498. The van der Waals surface area contributed by atoms with E-state index in [1.807, 2.05) is 36.4 Å². The first-order chi connectivity index (χ1) is 12.0. The average molecular weight is 480 g/mol. The highest BCUT2D eigenvalue weighted by Crippen LogP contribution is 2.22. The van der Waals surface area contributed by atoms with Crippen molar-refractivity contribution >= 4 is 66.4 Å². The standard InChI is InChI=1S/C18H12Br2N2O2S/c19-11-3-1-5-13(9-11)21-17(23)15-7-8-16(25-15)18(24)22-14-6-2-4-12(20)10-14/h1-10H,(H,21,23)(H,22,24). The summed E-state index contributed by atoms with van der Waals surface area (Å²) in [6.07, 6.45) is 0. The van der Waals surface area contributed by atoms with Gasteiger partial charge < -0.3 is 10.6 Å². The van der Waals surface area contributed by atoms with Crippen molar-refractivity contribution in [2.75, 3.05) is 10.6 Å². The first-order valence-corrected chi connectivity index (χ1v) is 9.65. The van der Waals surface area contributed by atoms with Gasteiger partial charge in [0.2, 0.25) is 0 Å². The molecule has 0 radical (unpaired) electrons. The summed E-state index contributed by atoms with van der Waals surface area (Å²) in [6, 6.07) is 18.0. The van der Waals surface area contributed by atoms with Crippen molar-refractivity contribution in [2.45, 2.75) is 0 Å². The molecule has 2 N–H and O–H groups in total. The number of thiophene rings is 1. The number of anilines is 2. The predicted molar refractivity (Wildman–Crippen MR) is 109 cm³/mol. The van der Waals surface area contributed by atoms with Crippen LogP contribution in [-0.4, -0.2) is 11.8 Å². The zero-order valence-corrected chi connectivity index (χ0v) is 16.7. The minimum atomic E-state index is -0.246. The highest BCUT2D eigenvalue weighted by Gasteiger charge is 2.14. The van der Waals surface area contributed by atoms with Crippen molar-refractivity contribution in [1.82, 2.24) is 0 Å². The Kier molecular flexibility index (Phi) is 5.67. The van der Waals surface area contributed by atoms with Gasteiger partial charge >= 0.3 is 0 Å². The molecule has 1 heterocycles. The molecule has 0 bridgehead atoms. The minimum Gasteiger partial charge on any atom is -0.321 e. The lowest BCUT2D eigenvalue weighted by Gasteiger charge is -2.04. The van der Waals surface area contributed by atoms with E-state index in [0.29, 0.717) is 21.1 Å². The minimum absolute atomic E-state index is 0.246. The van der Waals surface area contributed by atoms with Crippen LogP contribution in [0.4, 0.5) is 11.4 Å². The number of rotatable bonds is 4. The molecule has 4 nitrogen and oxygen atoms in total. The number of halogens is 2. The second-order valence-electron chi connectivity index (χ2n) is 5.09. The molecule has 1 aromatic heterocycles. The third-order valence-corrected chi connectivity index (χ3v) is 5.29. The van der Waals surface area contributed by atoms with Crippen LogP contribution in [0, 0.1) is 0 Å². The van der Waals surface area contributed by atoms with Crippen molar-refractivity contribution < 1.29 is 9.59 Å². The van der Waals surface area contributed by atoms with Gasteiger partial charge in [-0.15, -0.1) is 11.3 Å². The van der Waals surface area contributed by atoms with Gasteiger partial charge in [-0.25, -0.2) is 0 Å². The van der Waals surface area contributed by atoms with E-state index in [4.69, 9.17) is 0 Å². The van der Waals surface area contributed by atoms with Gasteiger partial charge in [0, 0.05) is 20.3 Å². The van der Waals surface area contributed by atoms with Gasteiger partial charge in [-0.05, 0) is 48.5 Å². The van der Waals surface area contributed by atoms with Gasteiger partial charge in [-0.1, -0.05) is 44.0 Å². The first kappa shape index (κ1) is 17.8. The summed E-state index contributed by atoms with van der Waals surface area (Å²) in [5, 5.41) is 5.62. The van der Waals surface area contributed by atoms with Crippen LogP contribution in [0.5, 0.6) is 0 Å². The molecule has 0 unspecified atom stereocenters. The van der Waals surface area contributed by atoms with Crippen LogP contribution in [0.15, 0.2) is 69.6 Å². The Hall–Kier alpha value is -1.96. The topological polar surface area (TPSA) is 58.2 Å². The monoisotopic (exact) mass is 478 g/mol. The molecule has 0 spiro atoms. The molecule has 0 atom stereocenters. The Bertz CT molecular complexity index is 866. The molecule has 25 heavy (non-hydrogen) atoms. The second kappa shape index (κ2) is 7.95. The molecule has 0 aliphatic rings. The van der Waals surface area contributed by atoms with Gasteiger partial charge in [-0.2, -0.15) is 0 Å². The zero-order chi connectivity index (χ0) is 17.8. The molecule has 0 saturated heterocycles. The highest BCUT2D eigenvalue weighted by atomic mass is 79.9. The summed E-state index contributed by atoms with van der Waals surface area (Å²) in [7, 11) is 0. The fourth-order valence-corrected chi connectivity index (χ4v) is 3.69. The number of carbonyl (C=O) groups excluding carboxylic acids is 2. The molecule has 126 valence electrons. The summed E-state index contributed by atoms with van der Waals surface area (Å²) < 4.78 is 1.76. The highest BCUT2D eigenvalue weighted by molar-refractivity contribution is 9.10. The Morgan fingerprint density at radius 1 is 0.720 bits per heavy atom. The summed E-state index contributed by atoms with van der Waals surface area (Å²) >= 11 is 7.87. The van der Waals surface area contributed by atoms with Crippen LogP contribution in [-0.2, 0) is 0 Å². The second-order valence-corrected chi connectivity index (χ2v) is 8.01. The Morgan fingerprint density at radius 2 is 1.16 bits per heavy atom. The fourth-order valence-electron chi connectivity index (χ4n) is 2.10. The van der Waals surface area contributed by atoms with Gasteiger partial charge in [0.15, 0.2) is 0 Å². The number of hydrogen-bond donors (Lipinski definition) is 2. The van der Waals surface area contributed by atoms with Crippen LogP contribution >= 0.6 is 43.2 Å². The maximum atomic E-state index is 12.3. The number of nitrogens with one attached hydrogen (secondary N) is 2. The molecule has 3 rings (SSSR count). The Morgan fingerprint density at radius 3 is 1.56 bits per heavy atom. The van der Waals surface area contributed by atoms with Crippen LogP contribution in [0.2, 0.25) is 0 Å². The lowest BCUT2D eigenvalue weighted by Crippen LogP contribution is -2.11. The molecule has 2 amide bonds. The van der Waals surface area contributed by atoms with Crippen LogP contribution in [0.25, 0.3) is 0 Å². The van der Waals surface area contributed by atoms with E-state index in [2.05, 4.69) is 42.5 Å². The van der Waals surface area contributed by atoms with Crippen molar-refractivity contribution in [1.29, 1.82) is 0 Å². The summed E-state index contributed by atoms with van der Waals surface area (Å²) in [6.45, 7) is 0. The molecule has 2 aromatic carbocycles. The van der Waals surface area contributed by atoms with Crippen molar-refractivity contribution in [3.63, 3.8) is 0 Å². The van der Waals surface area contributed by atoms with Gasteiger partial charge in [-0.3, -0.25) is 9.59 Å². The Labute approximate surface area is 165 Å². The Balaban J connectivity index is 1.69. The van der Waals surface area contributed by atoms with E-state index >= 15 is 0 Å². The summed E-state index contributed by atoms with van der Waals surface area (Å²) in [4.78, 5) is 25.6. The van der Waals surface area contributed by atoms with Crippen molar-refractivity contribution in [3.8, 4) is 0 Å². The smallest absolute Gasteiger partial charge is 0.265 e. The molecular weight excluding hydrogens is 468 g/mol. The lowest BCUT2D eigenvalue weighted by molar-refractivity contribution is 0.102. The average Bonchev–Trinajstić information content (AvgIpc) is 3.05. The predicted octanol–water partition coefficient (Wildman–Crippen LogP) is 5.78. The van der Waals surface area contributed by atoms with Crippen molar-refractivity contribution in [2.24, 2.45) is 0 Å².